The lowest BCUT2D eigenvalue weighted by atomic mass is 9.85. The average Bonchev–Trinajstić information content (AvgIpc) is 3.14. The highest BCUT2D eigenvalue weighted by Crippen LogP contribution is 2.44. The minimum atomic E-state index is -0.518. The summed E-state index contributed by atoms with van der Waals surface area (Å²) in [5, 5.41) is 1.11. The Hall–Kier alpha value is -3.28. The van der Waals surface area contributed by atoms with E-state index in [-0.39, 0.29) is 24.4 Å². The first kappa shape index (κ1) is 19.7. The second kappa shape index (κ2) is 7.45. The number of aromatic amines is 1. The van der Waals surface area contributed by atoms with E-state index in [4.69, 9.17) is 4.74 Å². The molecule has 1 saturated heterocycles. The van der Waals surface area contributed by atoms with Gasteiger partial charge in [0.1, 0.15) is 24.4 Å². The van der Waals surface area contributed by atoms with E-state index >= 15 is 0 Å². The van der Waals surface area contributed by atoms with Gasteiger partial charge in [-0.05, 0) is 38.5 Å². The molecule has 0 radical (unpaired) electrons. The van der Waals surface area contributed by atoms with Crippen molar-refractivity contribution in [3.05, 3.63) is 65.4 Å². The van der Waals surface area contributed by atoms with Gasteiger partial charge in [0.2, 0.25) is 11.8 Å². The smallest absolute Gasteiger partial charge is 0.246 e. The summed E-state index contributed by atoms with van der Waals surface area (Å²) in [5.74, 6) is 0.732. The average molecular weight is 418 g/mol. The van der Waals surface area contributed by atoms with E-state index < -0.39 is 12.1 Å². The zero-order chi connectivity index (χ0) is 21.7. The first-order valence-electron chi connectivity index (χ1n) is 10.9. The van der Waals surface area contributed by atoms with Crippen LogP contribution in [0.2, 0.25) is 0 Å². The molecular weight excluding hydrogens is 390 g/mol. The molecule has 2 unspecified atom stereocenters. The van der Waals surface area contributed by atoms with Gasteiger partial charge < -0.3 is 19.5 Å². The first-order valence-corrected chi connectivity index (χ1v) is 10.9. The molecule has 0 saturated carbocycles. The van der Waals surface area contributed by atoms with Gasteiger partial charge in [-0.3, -0.25) is 9.59 Å². The van der Waals surface area contributed by atoms with Crippen LogP contribution in [0.25, 0.3) is 10.9 Å². The van der Waals surface area contributed by atoms with E-state index in [0.717, 1.165) is 33.5 Å². The quantitative estimate of drug-likeness (QED) is 0.705. The Morgan fingerprint density at radius 1 is 1.10 bits per heavy atom. The van der Waals surface area contributed by atoms with Crippen LogP contribution >= 0.6 is 0 Å². The Balaban J connectivity index is 1.74. The Kier molecular flexibility index (Phi) is 4.73. The van der Waals surface area contributed by atoms with Crippen LogP contribution in [0.1, 0.15) is 43.6 Å². The molecule has 2 aromatic carbocycles. The predicted molar refractivity (Wildman–Crippen MR) is 119 cm³/mol. The number of piperazine rings is 1. The van der Waals surface area contributed by atoms with Crippen molar-refractivity contribution in [1.82, 2.24) is 14.8 Å². The van der Waals surface area contributed by atoms with Crippen LogP contribution in [0.5, 0.6) is 5.75 Å². The monoisotopic (exact) mass is 417 g/mol. The Morgan fingerprint density at radius 3 is 2.61 bits per heavy atom. The van der Waals surface area contributed by atoms with Crippen LogP contribution < -0.4 is 4.74 Å². The largest absolute Gasteiger partial charge is 0.494 e. The number of nitrogens with one attached hydrogen (secondary N) is 1. The van der Waals surface area contributed by atoms with Gasteiger partial charge in [-0.15, -0.1) is 0 Å². The third-order valence-corrected chi connectivity index (χ3v) is 6.43. The Labute approximate surface area is 181 Å². The number of rotatable bonds is 4. The lowest BCUT2D eigenvalue weighted by Crippen LogP contribution is -2.64. The maximum absolute atomic E-state index is 13.5. The van der Waals surface area contributed by atoms with Crippen molar-refractivity contribution in [1.29, 1.82) is 0 Å². The summed E-state index contributed by atoms with van der Waals surface area (Å²) >= 11 is 0. The summed E-state index contributed by atoms with van der Waals surface area (Å²) in [4.78, 5) is 34.0. The third kappa shape index (κ3) is 3.00. The molecule has 6 heteroatoms. The highest BCUT2D eigenvalue weighted by Gasteiger charge is 2.49. The SMILES string of the molecule is CCOc1ccccc1C1c2[nH]c3ccccc3c2CC2C(=O)N(C(C)C)CC(=O)N21. The highest BCUT2D eigenvalue weighted by atomic mass is 16.5. The molecule has 3 aromatic rings. The summed E-state index contributed by atoms with van der Waals surface area (Å²) in [6, 6.07) is 15.0. The fourth-order valence-electron chi connectivity index (χ4n) is 5.04. The molecule has 1 aromatic heterocycles. The van der Waals surface area contributed by atoms with Crippen molar-refractivity contribution in [3.8, 4) is 5.75 Å². The fourth-order valence-corrected chi connectivity index (χ4v) is 5.04. The number of carbonyl (C=O) groups is 2. The lowest BCUT2D eigenvalue weighted by Gasteiger charge is -2.48. The summed E-state index contributed by atoms with van der Waals surface area (Å²) in [7, 11) is 0. The van der Waals surface area contributed by atoms with Crippen LogP contribution in [-0.4, -0.2) is 51.8 Å². The van der Waals surface area contributed by atoms with Gasteiger partial charge in [0.25, 0.3) is 0 Å². The number of fused-ring (bicyclic) bond motifs is 4. The van der Waals surface area contributed by atoms with Crippen molar-refractivity contribution < 1.29 is 14.3 Å². The second-order valence-electron chi connectivity index (χ2n) is 8.52. The summed E-state index contributed by atoms with van der Waals surface area (Å²) < 4.78 is 5.93. The predicted octanol–water partition coefficient (Wildman–Crippen LogP) is 3.66. The molecule has 0 bridgehead atoms. The Morgan fingerprint density at radius 2 is 1.84 bits per heavy atom. The number of carbonyl (C=O) groups excluding carboxylic acids is 2. The van der Waals surface area contributed by atoms with Gasteiger partial charge in [-0.2, -0.15) is 0 Å². The van der Waals surface area contributed by atoms with Gasteiger partial charge in [0.15, 0.2) is 0 Å². The molecule has 2 aliphatic rings. The van der Waals surface area contributed by atoms with Gasteiger partial charge in [-0.1, -0.05) is 36.4 Å². The minimum Gasteiger partial charge on any atom is -0.494 e. The maximum atomic E-state index is 13.5. The van der Waals surface area contributed by atoms with E-state index in [2.05, 4.69) is 11.1 Å². The van der Waals surface area contributed by atoms with Crippen molar-refractivity contribution in [2.75, 3.05) is 13.2 Å². The molecule has 31 heavy (non-hydrogen) atoms. The molecule has 2 amide bonds. The Bertz CT molecular complexity index is 1170. The van der Waals surface area contributed by atoms with E-state index in [9.17, 15) is 9.59 Å². The highest BCUT2D eigenvalue weighted by molar-refractivity contribution is 5.97. The van der Waals surface area contributed by atoms with Gasteiger partial charge in [0, 0.05) is 34.6 Å². The lowest BCUT2D eigenvalue weighted by molar-refractivity contribution is -0.160. The molecule has 160 valence electrons. The normalized spacial score (nSPS) is 20.9. The van der Waals surface area contributed by atoms with E-state index in [1.807, 2.05) is 63.2 Å². The minimum absolute atomic E-state index is 0.0165. The maximum Gasteiger partial charge on any atom is 0.246 e. The number of benzene rings is 2. The summed E-state index contributed by atoms with van der Waals surface area (Å²) in [5.41, 5.74) is 4.01. The van der Waals surface area contributed by atoms with Crippen LogP contribution in [0.4, 0.5) is 0 Å². The molecule has 0 aliphatic carbocycles. The van der Waals surface area contributed by atoms with Crippen LogP contribution in [0, 0.1) is 0 Å². The third-order valence-electron chi connectivity index (χ3n) is 6.43. The molecule has 5 rings (SSSR count). The first-order chi connectivity index (χ1) is 15.0. The van der Waals surface area contributed by atoms with E-state index in [1.165, 1.54) is 0 Å². The van der Waals surface area contributed by atoms with Gasteiger partial charge in [-0.25, -0.2) is 0 Å². The van der Waals surface area contributed by atoms with Crippen LogP contribution in [0.3, 0.4) is 0 Å². The molecule has 0 spiro atoms. The fraction of sp³-hybridized carbons (Fsp3) is 0.360. The number of ether oxygens (including phenoxy) is 1. The molecule has 3 heterocycles. The van der Waals surface area contributed by atoms with Crippen molar-refractivity contribution in [3.63, 3.8) is 0 Å². The zero-order valence-corrected chi connectivity index (χ0v) is 18.1. The van der Waals surface area contributed by atoms with Gasteiger partial charge in [0.05, 0.1) is 6.61 Å². The number of nitrogens with zero attached hydrogens (tertiary/aromatic N) is 2. The summed E-state index contributed by atoms with van der Waals surface area (Å²) in [6.45, 7) is 6.51. The number of amides is 2. The molecule has 1 fully saturated rings. The zero-order valence-electron chi connectivity index (χ0n) is 18.1. The van der Waals surface area contributed by atoms with Crippen molar-refractivity contribution in [2.45, 2.75) is 45.3 Å². The number of hydrogen-bond acceptors (Lipinski definition) is 3. The number of para-hydroxylation sites is 2. The van der Waals surface area contributed by atoms with Gasteiger partial charge >= 0.3 is 0 Å². The summed E-state index contributed by atoms with van der Waals surface area (Å²) in [6.07, 6.45) is 0.514. The topological polar surface area (TPSA) is 65.6 Å². The molecule has 1 N–H and O–H groups in total. The number of H-pyrrole nitrogens is 1. The number of aromatic nitrogens is 1. The molecule has 2 aliphatic heterocycles. The van der Waals surface area contributed by atoms with Crippen molar-refractivity contribution >= 4 is 22.7 Å². The van der Waals surface area contributed by atoms with Crippen LogP contribution in [0.15, 0.2) is 48.5 Å². The molecule has 6 nitrogen and oxygen atoms in total. The molecule has 2 atom stereocenters. The second-order valence-corrected chi connectivity index (χ2v) is 8.52. The standard InChI is InChI=1S/C25H27N3O3/c1-4-31-21-12-8-6-10-17(21)24-23-18(16-9-5-7-11-19(16)26-23)13-20-25(30)27(15(2)3)14-22(29)28(20)24/h5-12,15,20,24,26H,4,13-14H2,1-3H3. The van der Waals surface area contributed by atoms with Crippen LogP contribution in [-0.2, 0) is 16.0 Å². The van der Waals surface area contributed by atoms with E-state index in [1.54, 1.807) is 9.80 Å². The number of hydrogen-bond donors (Lipinski definition) is 1. The molecular formula is C25H27N3O3. The van der Waals surface area contributed by atoms with E-state index in [0.29, 0.717) is 13.0 Å². The van der Waals surface area contributed by atoms with Crippen molar-refractivity contribution in [2.24, 2.45) is 0 Å².